The Kier molecular flexibility index (Phi) is 7.23. The lowest BCUT2D eigenvalue weighted by Crippen LogP contribution is -2.32. The highest BCUT2D eigenvalue weighted by atomic mass is 32.2. The Morgan fingerprint density at radius 3 is 2.67 bits per heavy atom. The van der Waals surface area contributed by atoms with Crippen LogP contribution < -0.4 is 10.1 Å². The summed E-state index contributed by atoms with van der Waals surface area (Å²) >= 11 is 1.42. The SMILES string of the molecule is CSc1nc2nc(C)c(CC(=O)OCC(=O)NCCOc3ccccc3)c(C)n2n1. The molecule has 0 bridgehead atoms. The number of carbonyl (C=O) groups is 2. The normalized spacial score (nSPS) is 10.8. The Morgan fingerprint density at radius 1 is 1.17 bits per heavy atom. The van der Waals surface area contributed by atoms with E-state index in [1.807, 2.05) is 50.4 Å². The van der Waals surface area contributed by atoms with Gasteiger partial charge in [0.1, 0.15) is 12.4 Å². The van der Waals surface area contributed by atoms with E-state index >= 15 is 0 Å². The van der Waals surface area contributed by atoms with Crippen molar-refractivity contribution in [2.24, 2.45) is 0 Å². The quantitative estimate of drug-likeness (QED) is 0.311. The first-order chi connectivity index (χ1) is 14.5. The van der Waals surface area contributed by atoms with Crippen LogP contribution in [0.2, 0.25) is 0 Å². The molecule has 10 heteroatoms. The summed E-state index contributed by atoms with van der Waals surface area (Å²) in [5.41, 5.74) is 2.16. The minimum atomic E-state index is -0.511. The third-order valence-corrected chi connectivity index (χ3v) is 4.87. The van der Waals surface area contributed by atoms with Gasteiger partial charge in [0.05, 0.1) is 13.0 Å². The molecule has 1 amide bonds. The number of esters is 1. The van der Waals surface area contributed by atoms with Crippen molar-refractivity contribution < 1.29 is 19.1 Å². The molecular weight excluding hydrogens is 406 g/mol. The second-order valence-corrected chi connectivity index (χ2v) is 7.19. The molecule has 1 aromatic carbocycles. The van der Waals surface area contributed by atoms with Crippen molar-refractivity contribution in [1.82, 2.24) is 24.9 Å². The lowest BCUT2D eigenvalue weighted by atomic mass is 10.1. The van der Waals surface area contributed by atoms with Crippen molar-refractivity contribution in [3.63, 3.8) is 0 Å². The summed E-state index contributed by atoms with van der Waals surface area (Å²) in [6.45, 7) is 3.95. The topological polar surface area (TPSA) is 108 Å². The average Bonchev–Trinajstić information content (AvgIpc) is 3.17. The number of hydrogen-bond acceptors (Lipinski definition) is 8. The van der Waals surface area contributed by atoms with Crippen molar-refractivity contribution in [2.75, 3.05) is 26.0 Å². The Labute approximate surface area is 178 Å². The molecule has 9 nitrogen and oxygen atoms in total. The molecule has 3 aromatic rings. The fourth-order valence-corrected chi connectivity index (χ4v) is 3.14. The molecule has 0 aliphatic carbocycles. The number of fused-ring (bicyclic) bond motifs is 1. The second-order valence-electron chi connectivity index (χ2n) is 6.42. The van der Waals surface area contributed by atoms with Crippen LogP contribution in [0.5, 0.6) is 5.75 Å². The first kappa shape index (κ1) is 21.6. The van der Waals surface area contributed by atoms with Crippen LogP contribution >= 0.6 is 11.8 Å². The molecule has 2 heterocycles. The predicted octanol–water partition coefficient (Wildman–Crippen LogP) is 1.74. The van der Waals surface area contributed by atoms with Gasteiger partial charge in [-0.15, -0.1) is 5.10 Å². The number of amides is 1. The minimum Gasteiger partial charge on any atom is -0.492 e. The maximum atomic E-state index is 12.2. The lowest BCUT2D eigenvalue weighted by molar-refractivity contribution is -0.147. The van der Waals surface area contributed by atoms with Crippen LogP contribution in [-0.4, -0.2) is 57.5 Å². The Hall–Kier alpha value is -3.14. The van der Waals surface area contributed by atoms with Gasteiger partial charge in [0.15, 0.2) is 6.61 Å². The summed E-state index contributed by atoms with van der Waals surface area (Å²) in [6.07, 6.45) is 1.88. The molecule has 1 N–H and O–H groups in total. The van der Waals surface area contributed by atoms with E-state index in [1.54, 1.807) is 4.52 Å². The average molecular weight is 430 g/mol. The first-order valence-corrected chi connectivity index (χ1v) is 10.6. The van der Waals surface area contributed by atoms with E-state index in [2.05, 4.69) is 20.4 Å². The summed E-state index contributed by atoms with van der Waals surface area (Å²) in [7, 11) is 0. The molecule has 0 unspecified atom stereocenters. The van der Waals surface area contributed by atoms with Crippen LogP contribution in [0.1, 0.15) is 17.0 Å². The Morgan fingerprint density at radius 2 is 1.93 bits per heavy atom. The molecule has 0 saturated carbocycles. The van der Waals surface area contributed by atoms with Crippen LogP contribution in [0.15, 0.2) is 35.5 Å². The molecule has 0 radical (unpaired) electrons. The zero-order valence-corrected chi connectivity index (χ0v) is 17.9. The molecule has 0 saturated heterocycles. The number of hydrogen-bond donors (Lipinski definition) is 1. The standard InChI is InChI=1S/C20H23N5O4S/c1-13-16(14(2)25-19(22-13)23-20(24-25)30-3)11-18(27)29-12-17(26)21-9-10-28-15-7-5-4-6-8-15/h4-8H,9-12H2,1-3H3,(H,21,26). The molecule has 3 rings (SSSR count). The van der Waals surface area contributed by atoms with Crippen LogP contribution in [0.25, 0.3) is 5.78 Å². The number of aryl methyl sites for hydroxylation is 2. The summed E-state index contributed by atoms with van der Waals surface area (Å²) in [6, 6.07) is 9.30. The molecule has 0 spiro atoms. The molecule has 30 heavy (non-hydrogen) atoms. The second kappa shape index (κ2) is 10.1. The van der Waals surface area contributed by atoms with Crippen molar-refractivity contribution in [3.05, 3.63) is 47.3 Å². The number of para-hydroxylation sites is 1. The van der Waals surface area contributed by atoms with Gasteiger partial charge in [-0.3, -0.25) is 9.59 Å². The van der Waals surface area contributed by atoms with Gasteiger partial charge in [-0.1, -0.05) is 30.0 Å². The predicted molar refractivity (Wildman–Crippen MR) is 112 cm³/mol. The van der Waals surface area contributed by atoms with Crippen molar-refractivity contribution >= 4 is 29.4 Å². The summed E-state index contributed by atoms with van der Waals surface area (Å²) < 4.78 is 12.2. The Bertz CT molecular complexity index is 1040. The van der Waals surface area contributed by atoms with E-state index in [4.69, 9.17) is 9.47 Å². The zero-order valence-electron chi connectivity index (χ0n) is 17.0. The number of aromatic nitrogens is 4. The summed E-state index contributed by atoms with van der Waals surface area (Å²) in [5.74, 6) is 0.321. The highest BCUT2D eigenvalue weighted by molar-refractivity contribution is 7.98. The zero-order chi connectivity index (χ0) is 21.5. The van der Waals surface area contributed by atoms with E-state index in [-0.39, 0.29) is 18.9 Å². The number of ether oxygens (including phenoxy) is 2. The van der Waals surface area contributed by atoms with Gasteiger partial charge in [-0.2, -0.15) is 4.98 Å². The van der Waals surface area contributed by atoms with Crippen LogP contribution in [0.4, 0.5) is 0 Å². The largest absolute Gasteiger partial charge is 0.492 e. The monoisotopic (exact) mass is 429 g/mol. The molecule has 0 atom stereocenters. The van der Waals surface area contributed by atoms with Crippen molar-refractivity contribution in [2.45, 2.75) is 25.4 Å². The molecule has 0 aliphatic heterocycles. The number of nitrogens with one attached hydrogen (secondary N) is 1. The Balaban J connectivity index is 1.46. The van der Waals surface area contributed by atoms with Gasteiger partial charge >= 0.3 is 5.97 Å². The molecular formula is C20H23N5O4S. The molecule has 158 valence electrons. The highest BCUT2D eigenvalue weighted by Gasteiger charge is 2.17. The first-order valence-electron chi connectivity index (χ1n) is 9.35. The lowest BCUT2D eigenvalue weighted by Gasteiger charge is -2.11. The van der Waals surface area contributed by atoms with E-state index in [0.29, 0.717) is 35.3 Å². The maximum Gasteiger partial charge on any atom is 0.310 e. The van der Waals surface area contributed by atoms with Gasteiger partial charge in [-0.05, 0) is 32.2 Å². The number of carbonyl (C=O) groups excluding carboxylic acids is 2. The van der Waals surface area contributed by atoms with E-state index in [9.17, 15) is 9.59 Å². The molecule has 0 fully saturated rings. The molecule has 0 aliphatic rings. The van der Waals surface area contributed by atoms with Crippen molar-refractivity contribution in [3.8, 4) is 5.75 Å². The van der Waals surface area contributed by atoms with Crippen LogP contribution in [-0.2, 0) is 20.7 Å². The van der Waals surface area contributed by atoms with Gasteiger partial charge in [0.25, 0.3) is 11.7 Å². The number of benzene rings is 1. The van der Waals surface area contributed by atoms with Crippen LogP contribution in [0.3, 0.4) is 0 Å². The van der Waals surface area contributed by atoms with E-state index in [0.717, 1.165) is 11.4 Å². The summed E-state index contributed by atoms with van der Waals surface area (Å²) in [5, 5.41) is 7.61. The third kappa shape index (κ3) is 5.47. The van der Waals surface area contributed by atoms with E-state index < -0.39 is 5.97 Å². The molecule has 2 aromatic heterocycles. The maximum absolute atomic E-state index is 12.2. The number of thioether (sulfide) groups is 1. The fraction of sp³-hybridized carbons (Fsp3) is 0.350. The van der Waals surface area contributed by atoms with Gasteiger partial charge in [0, 0.05) is 17.0 Å². The van der Waals surface area contributed by atoms with Gasteiger partial charge in [-0.25, -0.2) is 9.50 Å². The number of rotatable bonds is 9. The third-order valence-electron chi connectivity index (χ3n) is 4.33. The minimum absolute atomic E-state index is 0.000530. The fourth-order valence-electron chi connectivity index (χ4n) is 2.80. The smallest absolute Gasteiger partial charge is 0.310 e. The van der Waals surface area contributed by atoms with Gasteiger partial charge < -0.3 is 14.8 Å². The van der Waals surface area contributed by atoms with Gasteiger partial charge in [0.2, 0.25) is 5.16 Å². The van der Waals surface area contributed by atoms with Crippen LogP contribution in [0, 0.1) is 13.8 Å². The number of nitrogens with zero attached hydrogens (tertiary/aromatic N) is 4. The highest BCUT2D eigenvalue weighted by Crippen LogP contribution is 2.17. The summed E-state index contributed by atoms with van der Waals surface area (Å²) in [4.78, 5) is 32.8. The van der Waals surface area contributed by atoms with Crippen molar-refractivity contribution in [1.29, 1.82) is 0 Å². The van der Waals surface area contributed by atoms with E-state index in [1.165, 1.54) is 11.8 Å².